The van der Waals surface area contributed by atoms with Crippen LogP contribution in [0.3, 0.4) is 0 Å². The molecule has 3 aliphatic rings. The molecule has 0 aromatic heterocycles. The highest BCUT2D eigenvalue weighted by Crippen LogP contribution is 2.61. The molecular weight excluding hydrogens is 276 g/mol. The first-order valence-electron chi connectivity index (χ1n) is 6.82. The second-order valence-electron chi connectivity index (χ2n) is 5.75. The molecule has 20 heavy (non-hydrogen) atoms. The molecule has 0 spiro atoms. The van der Waals surface area contributed by atoms with Crippen LogP contribution in [0.5, 0.6) is 0 Å². The summed E-state index contributed by atoms with van der Waals surface area (Å²) in [5.74, 6) is -1.97. The van der Waals surface area contributed by atoms with E-state index in [1.165, 1.54) is 0 Å². The molecule has 0 amide bonds. The van der Waals surface area contributed by atoms with Crippen LogP contribution in [0.15, 0.2) is 35.2 Å². The third-order valence-corrected chi connectivity index (χ3v) is 6.28. The standard InChI is InChI=1S/C15H14O4S/c16-14(17)10-9-6-8-11(10)15(18)19-12(8)13(9)20-7-4-2-1-3-5-7/h1-5,8-13H,6H2,(H,16,17)/t8-,9+,10-,11-,12+,13+/m0/s1. The molecule has 2 bridgehead atoms. The van der Waals surface area contributed by atoms with Crippen LogP contribution in [-0.2, 0) is 14.3 Å². The Hall–Kier alpha value is -1.49. The van der Waals surface area contributed by atoms with Crippen molar-refractivity contribution < 1.29 is 19.4 Å². The summed E-state index contributed by atoms with van der Waals surface area (Å²) in [6, 6.07) is 9.92. The fourth-order valence-corrected chi connectivity index (χ4v) is 5.62. The van der Waals surface area contributed by atoms with Gasteiger partial charge in [-0.3, -0.25) is 9.59 Å². The summed E-state index contributed by atoms with van der Waals surface area (Å²) in [7, 11) is 0. The lowest BCUT2D eigenvalue weighted by molar-refractivity contribution is -0.151. The molecular formula is C15H14O4S. The first kappa shape index (κ1) is 12.3. The van der Waals surface area contributed by atoms with Gasteiger partial charge in [-0.1, -0.05) is 18.2 Å². The average Bonchev–Trinajstić information content (AvgIpc) is 3.03. The summed E-state index contributed by atoms with van der Waals surface area (Å²) >= 11 is 1.66. The number of benzene rings is 1. The molecule has 0 radical (unpaired) electrons. The number of rotatable bonds is 3. The maximum atomic E-state index is 11.9. The molecule has 1 aromatic rings. The van der Waals surface area contributed by atoms with Crippen LogP contribution >= 0.6 is 11.8 Å². The van der Waals surface area contributed by atoms with Gasteiger partial charge in [0, 0.05) is 10.8 Å². The summed E-state index contributed by atoms with van der Waals surface area (Å²) in [5.41, 5.74) is 0. The highest BCUT2D eigenvalue weighted by Gasteiger charge is 2.68. The highest BCUT2D eigenvalue weighted by molar-refractivity contribution is 8.00. The summed E-state index contributed by atoms with van der Waals surface area (Å²) in [5, 5.41) is 9.52. The Bertz CT molecular complexity index is 572. The third-order valence-electron chi connectivity index (χ3n) is 4.85. The number of aliphatic carboxylic acids is 1. The van der Waals surface area contributed by atoms with Gasteiger partial charge in [-0.2, -0.15) is 0 Å². The molecule has 2 aliphatic carbocycles. The van der Waals surface area contributed by atoms with Crippen molar-refractivity contribution in [3.63, 3.8) is 0 Å². The number of carboxylic acids is 1. The number of hydrogen-bond acceptors (Lipinski definition) is 4. The van der Waals surface area contributed by atoms with Gasteiger partial charge in [0.25, 0.3) is 0 Å². The first-order chi connectivity index (χ1) is 9.66. The maximum absolute atomic E-state index is 11.9. The predicted octanol–water partition coefficient (Wildman–Crippen LogP) is 2.04. The van der Waals surface area contributed by atoms with Gasteiger partial charge in [0.05, 0.1) is 17.1 Å². The number of esters is 1. The topological polar surface area (TPSA) is 63.6 Å². The van der Waals surface area contributed by atoms with Crippen LogP contribution in [0.1, 0.15) is 6.42 Å². The number of hydrogen-bond donors (Lipinski definition) is 1. The van der Waals surface area contributed by atoms with Crippen LogP contribution in [0.4, 0.5) is 0 Å². The van der Waals surface area contributed by atoms with Crippen molar-refractivity contribution in [3.8, 4) is 0 Å². The molecule has 1 N–H and O–H groups in total. The fraction of sp³-hybridized carbons (Fsp3) is 0.467. The lowest BCUT2D eigenvalue weighted by Gasteiger charge is -2.29. The van der Waals surface area contributed by atoms with Crippen molar-refractivity contribution in [1.82, 2.24) is 0 Å². The number of carbonyl (C=O) groups excluding carboxylic acids is 1. The van der Waals surface area contributed by atoms with Crippen molar-refractivity contribution in [2.45, 2.75) is 22.7 Å². The van der Waals surface area contributed by atoms with Crippen LogP contribution in [0, 0.1) is 23.7 Å². The summed E-state index contributed by atoms with van der Waals surface area (Å²) in [6.07, 6.45) is 0.709. The second-order valence-corrected chi connectivity index (χ2v) is 7.00. The van der Waals surface area contributed by atoms with Gasteiger partial charge in [-0.05, 0) is 24.5 Å². The van der Waals surface area contributed by atoms with E-state index in [2.05, 4.69) is 0 Å². The molecule has 1 aromatic carbocycles. The van der Waals surface area contributed by atoms with E-state index in [1.54, 1.807) is 11.8 Å². The van der Waals surface area contributed by atoms with E-state index >= 15 is 0 Å². The van der Waals surface area contributed by atoms with Gasteiger partial charge in [0.1, 0.15) is 6.10 Å². The van der Waals surface area contributed by atoms with Crippen molar-refractivity contribution >= 4 is 23.7 Å². The number of thioether (sulfide) groups is 1. The van der Waals surface area contributed by atoms with E-state index in [1.807, 2.05) is 30.3 Å². The Kier molecular flexibility index (Phi) is 2.61. The van der Waals surface area contributed by atoms with Gasteiger partial charge >= 0.3 is 11.9 Å². The lowest BCUT2D eigenvalue weighted by Crippen LogP contribution is -2.39. The van der Waals surface area contributed by atoms with Crippen LogP contribution < -0.4 is 0 Å². The van der Waals surface area contributed by atoms with Crippen LogP contribution in [0.25, 0.3) is 0 Å². The van der Waals surface area contributed by atoms with E-state index in [0.29, 0.717) is 0 Å². The van der Waals surface area contributed by atoms with E-state index in [9.17, 15) is 14.7 Å². The SMILES string of the molecule is O=C1O[C@@H]2[C@H]3C[C@@H]([C@H]2Sc2ccccc2)[C@H](C(=O)O)[C@@H]13. The summed E-state index contributed by atoms with van der Waals surface area (Å²) in [4.78, 5) is 24.5. The molecule has 4 nitrogen and oxygen atoms in total. The summed E-state index contributed by atoms with van der Waals surface area (Å²) < 4.78 is 5.48. The molecule has 5 heteroatoms. The number of fused-ring (bicyclic) bond motifs is 1. The van der Waals surface area contributed by atoms with E-state index < -0.39 is 17.8 Å². The predicted molar refractivity (Wildman–Crippen MR) is 72.2 cm³/mol. The maximum Gasteiger partial charge on any atom is 0.310 e. The minimum Gasteiger partial charge on any atom is -0.481 e. The molecule has 1 saturated heterocycles. The zero-order valence-electron chi connectivity index (χ0n) is 10.6. The van der Waals surface area contributed by atoms with E-state index in [-0.39, 0.29) is 29.2 Å². The van der Waals surface area contributed by atoms with Gasteiger partial charge in [0.2, 0.25) is 0 Å². The van der Waals surface area contributed by atoms with Gasteiger partial charge < -0.3 is 9.84 Å². The molecule has 1 heterocycles. The molecule has 104 valence electrons. The van der Waals surface area contributed by atoms with Crippen molar-refractivity contribution in [3.05, 3.63) is 30.3 Å². The quantitative estimate of drug-likeness (QED) is 0.863. The fourth-order valence-electron chi connectivity index (χ4n) is 4.14. The van der Waals surface area contributed by atoms with Crippen LogP contribution in [0.2, 0.25) is 0 Å². The first-order valence-corrected chi connectivity index (χ1v) is 7.70. The molecule has 2 saturated carbocycles. The average molecular weight is 290 g/mol. The zero-order valence-corrected chi connectivity index (χ0v) is 11.5. The minimum absolute atomic E-state index is 0.0455. The van der Waals surface area contributed by atoms with Crippen LogP contribution in [-0.4, -0.2) is 28.4 Å². The Morgan fingerprint density at radius 1 is 1.25 bits per heavy atom. The number of carboxylic acid groups (broad SMARTS) is 1. The number of ether oxygens (including phenoxy) is 1. The largest absolute Gasteiger partial charge is 0.481 e. The third kappa shape index (κ3) is 1.56. The normalized spacial score (nSPS) is 40.9. The smallest absolute Gasteiger partial charge is 0.310 e. The molecule has 6 atom stereocenters. The molecule has 3 fully saturated rings. The van der Waals surface area contributed by atoms with E-state index in [0.717, 1.165) is 11.3 Å². The van der Waals surface area contributed by atoms with E-state index in [4.69, 9.17) is 4.74 Å². The molecule has 4 rings (SSSR count). The lowest BCUT2D eigenvalue weighted by atomic mass is 9.80. The van der Waals surface area contributed by atoms with Crippen molar-refractivity contribution in [1.29, 1.82) is 0 Å². The van der Waals surface area contributed by atoms with Crippen molar-refractivity contribution in [2.24, 2.45) is 23.7 Å². The number of carbonyl (C=O) groups is 2. The Labute approximate surface area is 120 Å². The zero-order chi connectivity index (χ0) is 13.9. The Morgan fingerprint density at radius 2 is 2.00 bits per heavy atom. The second kappa shape index (κ2) is 4.25. The Balaban J connectivity index is 1.66. The molecule has 1 aliphatic heterocycles. The van der Waals surface area contributed by atoms with Gasteiger partial charge in [-0.25, -0.2) is 0 Å². The molecule has 0 unspecified atom stereocenters. The Morgan fingerprint density at radius 3 is 2.70 bits per heavy atom. The van der Waals surface area contributed by atoms with Crippen molar-refractivity contribution in [2.75, 3.05) is 0 Å². The minimum atomic E-state index is -0.849. The monoisotopic (exact) mass is 290 g/mol. The van der Waals surface area contributed by atoms with Gasteiger partial charge in [-0.15, -0.1) is 11.8 Å². The summed E-state index contributed by atoms with van der Waals surface area (Å²) in [6.45, 7) is 0. The van der Waals surface area contributed by atoms with Gasteiger partial charge in [0.15, 0.2) is 0 Å². The highest BCUT2D eigenvalue weighted by atomic mass is 32.2.